The smallest absolute Gasteiger partial charge is 0.472 e. The van der Waals surface area contributed by atoms with E-state index in [1.807, 2.05) is 0 Å². The van der Waals surface area contributed by atoms with Crippen LogP contribution in [-0.4, -0.2) is 122 Å². The number of hydrogen-bond acceptors (Lipinski definition) is 14. The number of sulfonamides is 1. The number of rotatable bonds is 21. The van der Waals surface area contributed by atoms with Crippen LogP contribution < -0.4 is 10.0 Å². The molecule has 5 N–H and O–H groups in total. The third kappa shape index (κ3) is 15.4. The van der Waals surface area contributed by atoms with Gasteiger partial charge in [0.2, 0.25) is 28.6 Å². The van der Waals surface area contributed by atoms with Crippen LogP contribution in [-0.2, 0) is 85.4 Å². The number of aliphatic carboxylic acids is 1. The average Bonchev–Trinajstić information content (AvgIpc) is 1.53. The molecule has 2 aliphatic rings. The predicted octanol–water partition coefficient (Wildman–Crippen LogP) is 7.24. The average molecular weight is 1290 g/mol. The summed E-state index contributed by atoms with van der Waals surface area (Å²) in [5.74, 6) is -9.73. The Bertz CT molecular complexity index is 3860. The minimum absolute atomic E-state index is 0.161. The number of carbonyl (C=O) groups excluding carboxylic acids is 3. The molecule has 462 valence electrons. The second kappa shape index (κ2) is 23.4. The summed E-state index contributed by atoms with van der Waals surface area (Å²) in [5.41, 5.74) is -8.78. The highest BCUT2D eigenvalue weighted by Gasteiger charge is 2.68. The van der Waals surface area contributed by atoms with Crippen LogP contribution in [0.15, 0.2) is 42.5 Å². The topological polar surface area (TPSA) is 309 Å². The number of sulfone groups is 1. The second-order valence-electron chi connectivity index (χ2n) is 20.9. The Labute approximate surface area is 480 Å². The van der Waals surface area contributed by atoms with Crippen LogP contribution in [0.1, 0.15) is 92.1 Å². The number of phosphoric acid groups is 1. The molecule has 1 saturated carbocycles. The van der Waals surface area contributed by atoms with Crippen LogP contribution in [0.4, 0.5) is 48.7 Å². The van der Waals surface area contributed by atoms with Crippen molar-refractivity contribution < 1.29 is 109 Å². The molecule has 0 radical (unpaired) electrons. The number of halogens is 11. The minimum Gasteiger partial charge on any atom is -0.480 e. The minimum atomic E-state index is -5.26. The molecule has 1 fully saturated rings. The zero-order valence-electron chi connectivity index (χ0n) is 44.6. The van der Waals surface area contributed by atoms with Crippen LogP contribution >= 0.6 is 19.4 Å². The van der Waals surface area contributed by atoms with E-state index in [1.165, 1.54) is 13.8 Å². The fraction of sp³-hybridized carbons (Fsp3) is 0.449. The molecule has 85 heavy (non-hydrogen) atoms. The number of benzene rings is 2. The number of hydrogen-bond donors (Lipinski definition) is 5. The van der Waals surface area contributed by atoms with Gasteiger partial charge in [-0.2, -0.15) is 45.3 Å². The number of nitrogens with zero attached hydrogens (tertiary/aromatic N) is 6. The van der Waals surface area contributed by atoms with Crippen LogP contribution in [0, 0.1) is 34.8 Å². The summed E-state index contributed by atoms with van der Waals surface area (Å²) in [6, 6.07) is 4.52. The number of carboxylic acids is 1. The van der Waals surface area contributed by atoms with Gasteiger partial charge in [-0.15, -0.1) is 0 Å². The van der Waals surface area contributed by atoms with Gasteiger partial charge in [0.25, 0.3) is 5.92 Å². The summed E-state index contributed by atoms with van der Waals surface area (Å²) < 4.78 is 221. The van der Waals surface area contributed by atoms with Crippen molar-refractivity contribution in [3.8, 4) is 23.0 Å². The second-order valence-corrected chi connectivity index (χ2v) is 26.9. The Morgan fingerprint density at radius 1 is 0.953 bits per heavy atom. The van der Waals surface area contributed by atoms with Crippen LogP contribution in [0.5, 0.6) is 0 Å². The van der Waals surface area contributed by atoms with Crippen LogP contribution in [0.2, 0.25) is 5.02 Å². The molecular formula is C49H48ClF10N8O14PS2. The van der Waals surface area contributed by atoms with Gasteiger partial charge in [0.1, 0.15) is 53.2 Å². The SMILES string of the molecule is CC(C)(CCN(CC(=O)O)C(=O)OCOP(=O)(O)O)C(=O)NS(=O)(=O)Cc1nn(CC(F)(F)F)c2c(-c3ccc(C#CC(C)(C)S(C)(=O)=O)nc3[C@H](Cc3cc(F)cc(F)c3)NC(=O)Cn3nc(C(F)(F)F)c4c3C(F)(F)[C@@H]3C[C@H]43)ccc(Cl)c12. The molecule has 5 aromatic rings. The summed E-state index contributed by atoms with van der Waals surface area (Å²) in [6.07, 6.45) is -12.7. The molecule has 0 aliphatic heterocycles. The molecule has 7 rings (SSSR count). The van der Waals surface area contributed by atoms with E-state index in [-0.39, 0.29) is 38.2 Å². The third-order valence-electron chi connectivity index (χ3n) is 13.6. The standard InChI is InChI=1S/C49H48ClF10N8O14PS2/c1-45(2,12-13-66(20-36(70)71)44(73)81-23-82-83(74,75)76)43(72)65-85(79,80)21-34-38-32(50)9-8-29(40(38)68(63-34)22-47(53,54)55)28-7-6-27(10-11-46(3,4)84(5,77)78)61-39(28)33(16-24-14-25(51)17-26(52)15-24)62-35(69)19-67-42-37(41(64-67)49(58,59)60)30-18-31(30)48(42,56)57/h6-9,14-15,17,30-31,33H,12-13,16,18-23H2,1-5H3,(H,62,69)(H,65,72)(H,70,71)(H2,74,75,76)/t30-,31+,33-/m0/s1. The highest BCUT2D eigenvalue weighted by atomic mass is 35.5. The fourth-order valence-electron chi connectivity index (χ4n) is 9.11. The Hall–Kier alpha value is -6.89. The van der Waals surface area contributed by atoms with E-state index in [2.05, 4.69) is 41.6 Å². The number of pyridine rings is 1. The summed E-state index contributed by atoms with van der Waals surface area (Å²) >= 11 is 6.64. The molecule has 22 nitrogen and oxygen atoms in total. The number of nitrogens with one attached hydrogen (secondary N) is 2. The Morgan fingerprint density at radius 2 is 1.59 bits per heavy atom. The highest BCUT2D eigenvalue weighted by molar-refractivity contribution is 7.92. The fourth-order valence-corrected chi connectivity index (χ4v) is 11.0. The third-order valence-corrected chi connectivity index (χ3v) is 17.4. The number of fused-ring (bicyclic) bond motifs is 4. The number of carbonyl (C=O) groups is 4. The predicted molar refractivity (Wildman–Crippen MR) is 276 cm³/mol. The van der Waals surface area contributed by atoms with Crippen molar-refractivity contribution in [1.29, 1.82) is 0 Å². The number of phosphoric ester groups is 1. The van der Waals surface area contributed by atoms with Crippen molar-refractivity contribution in [2.45, 2.75) is 101 Å². The molecular weight excluding hydrogens is 1250 g/mol. The van der Waals surface area contributed by atoms with Gasteiger partial charge in [-0.25, -0.2) is 44.5 Å². The summed E-state index contributed by atoms with van der Waals surface area (Å²) in [4.78, 5) is 74.6. The number of amides is 3. The van der Waals surface area contributed by atoms with Gasteiger partial charge in [-0.05, 0) is 80.8 Å². The summed E-state index contributed by atoms with van der Waals surface area (Å²) in [6.45, 7) is -1.77. The number of aromatic nitrogens is 5. The summed E-state index contributed by atoms with van der Waals surface area (Å²) in [5, 5.41) is 18.0. The Balaban J connectivity index is 1.33. The van der Waals surface area contributed by atoms with Gasteiger partial charge in [-0.3, -0.25) is 33.4 Å². The van der Waals surface area contributed by atoms with Crippen molar-refractivity contribution in [1.82, 2.24) is 39.5 Å². The maximum absolute atomic E-state index is 15.7. The van der Waals surface area contributed by atoms with Crippen LogP contribution in [0.3, 0.4) is 0 Å². The normalized spacial score (nSPS) is 16.4. The zero-order chi connectivity index (χ0) is 63.5. The van der Waals surface area contributed by atoms with Crippen molar-refractivity contribution in [2.75, 3.05) is 26.1 Å². The van der Waals surface area contributed by atoms with Gasteiger partial charge in [-0.1, -0.05) is 37.4 Å². The molecule has 3 heterocycles. The number of carboxylic acid groups (broad SMARTS) is 1. The summed E-state index contributed by atoms with van der Waals surface area (Å²) in [7, 11) is -14.2. The van der Waals surface area contributed by atoms with Gasteiger partial charge < -0.3 is 24.9 Å². The van der Waals surface area contributed by atoms with E-state index < -0.39 is 205 Å². The quantitative estimate of drug-likeness (QED) is 0.0209. The maximum atomic E-state index is 15.7. The van der Waals surface area contributed by atoms with E-state index in [0.29, 0.717) is 11.0 Å². The highest BCUT2D eigenvalue weighted by Crippen LogP contribution is 2.68. The van der Waals surface area contributed by atoms with Gasteiger partial charge >= 0.3 is 32.2 Å². The van der Waals surface area contributed by atoms with Crippen LogP contribution in [0.25, 0.3) is 22.0 Å². The zero-order valence-corrected chi connectivity index (χ0v) is 47.9. The first-order chi connectivity index (χ1) is 38.9. The van der Waals surface area contributed by atoms with E-state index in [1.54, 1.807) is 4.72 Å². The maximum Gasteiger partial charge on any atom is 0.472 e. The van der Waals surface area contributed by atoms with Gasteiger partial charge in [0, 0.05) is 52.3 Å². The van der Waals surface area contributed by atoms with E-state index in [4.69, 9.17) is 21.4 Å². The van der Waals surface area contributed by atoms with Crippen molar-refractivity contribution in [2.24, 2.45) is 11.3 Å². The Kier molecular flexibility index (Phi) is 18.1. The number of alkyl halides is 8. The lowest BCUT2D eigenvalue weighted by atomic mass is 9.88. The first kappa shape index (κ1) is 65.6. The molecule has 3 amide bonds. The Morgan fingerprint density at radius 3 is 2.18 bits per heavy atom. The molecule has 0 spiro atoms. The lowest BCUT2D eigenvalue weighted by molar-refractivity contribution is -0.143. The molecule has 0 saturated heterocycles. The van der Waals surface area contributed by atoms with Gasteiger partial charge in [0.05, 0.1) is 28.0 Å². The molecule has 2 aliphatic carbocycles. The first-order valence-corrected chi connectivity index (χ1v) is 30.0. The van der Waals surface area contributed by atoms with Crippen molar-refractivity contribution in [3.05, 3.63) is 98.7 Å². The first-order valence-electron chi connectivity index (χ1n) is 24.6. The van der Waals surface area contributed by atoms with Gasteiger partial charge in [0.15, 0.2) is 15.5 Å². The number of ether oxygens (including phenoxy) is 1. The van der Waals surface area contributed by atoms with E-state index in [0.717, 1.165) is 56.5 Å². The van der Waals surface area contributed by atoms with E-state index >= 15 is 8.78 Å². The van der Waals surface area contributed by atoms with E-state index in [9.17, 15) is 80.8 Å². The molecule has 0 unspecified atom stereocenters. The molecule has 3 atom stereocenters. The monoisotopic (exact) mass is 1290 g/mol. The molecule has 0 bridgehead atoms. The van der Waals surface area contributed by atoms with Crippen molar-refractivity contribution >= 4 is 74.1 Å². The lowest BCUT2D eigenvalue weighted by Gasteiger charge is -2.27. The molecule has 36 heteroatoms. The molecule has 3 aromatic heterocycles. The largest absolute Gasteiger partial charge is 0.480 e. The van der Waals surface area contributed by atoms with Crippen molar-refractivity contribution in [3.63, 3.8) is 0 Å². The molecule has 2 aromatic carbocycles. The lowest BCUT2D eigenvalue weighted by Crippen LogP contribution is -2.44.